The van der Waals surface area contributed by atoms with Gasteiger partial charge in [0.1, 0.15) is 0 Å². The van der Waals surface area contributed by atoms with Crippen molar-refractivity contribution in [3.05, 3.63) is 35.9 Å². The highest BCUT2D eigenvalue weighted by molar-refractivity contribution is 7.89. The van der Waals surface area contributed by atoms with Gasteiger partial charge in [-0.1, -0.05) is 33.4 Å². The van der Waals surface area contributed by atoms with Crippen LogP contribution in [0.1, 0.15) is 33.3 Å². The van der Waals surface area contributed by atoms with Crippen LogP contribution in [0.15, 0.2) is 35.2 Å². The van der Waals surface area contributed by atoms with E-state index in [1.807, 2.05) is 20.8 Å². The predicted octanol–water partition coefficient (Wildman–Crippen LogP) is 2.15. The molecule has 110 valence electrons. The first-order valence-corrected chi connectivity index (χ1v) is 7.62. The molecule has 0 saturated heterocycles. The second-order valence-corrected chi connectivity index (χ2v) is 7.24. The second kappa shape index (κ2) is 5.38. The van der Waals surface area contributed by atoms with Gasteiger partial charge >= 0.3 is 0 Å². The van der Waals surface area contributed by atoms with Crippen molar-refractivity contribution in [2.75, 3.05) is 5.32 Å². The van der Waals surface area contributed by atoms with Crippen molar-refractivity contribution < 1.29 is 13.2 Å². The van der Waals surface area contributed by atoms with Gasteiger partial charge in [0.25, 0.3) is 5.91 Å². The molecule has 6 heteroatoms. The number of benzene rings is 1. The largest absolute Gasteiger partial charge is 0.322 e. The van der Waals surface area contributed by atoms with Crippen molar-refractivity contribution in [2.45, 2.75) is 38.0 Å². The Morgan fingerprint density at radius 3 is 2.25 bits per heavy atom. The molecule has 0 unspecified atom stereocenters. The van der Waals surface area contributed by atoms with Crippen LogP contribution < -0.4 is 10.5 Å². The zero-order chi connectivity index (χ0) is 15.7. The molecule has 1 rings (SSSR count). The number of anilines is 1. The van der Waals surface area contributed by atoms with Crippen molar-refractivity contribution in [3.8, 4) is 0 Å². The molecule has 1 aromatic carbocycles. The summed E-state index contributed by atoms with van der Waals surface area (Å²) in [6.07, 6.45) is 0. The lowest BCUT2D eigenvalue weighted by atomic mass is 9.85. The van der Waals surface area contributed by atoms with Gasteiger partial charge in [-0.2, -0.15) is 0 Å². The first kappa shape index (κ1) is 16.4. The number of rotatable bonds is 3. The molecule has 0 saturated carbocycles. The Morgan fingerprint density at radius 2 is 1.85 bits per heavy atom. The van der Waals surface area contributed by atoms with E-state index in [0.717, 1.165) is 0 Å². The van der Waals surface area contributed by atoms with E-state index in [4.69, 9.17) is 5.14 Å². The number of nitrogens with one attached hydrogen (secondary N) is 1. The third kappa shape index (κ3) is 3.68. The molecular weight excluding hydrogens is 276 g/mol. The number of sulfonamides is 1. The number of carbonyl (C=O) groups is 1. The van der Waals surface area contributed by atoms with Gasteiger partial charge in [0.05, 0.1) is 4.90 Å². The maximum absolute atomic E-state index is 11.8. The fraction of sp³-hybridized carbons (Fsp3) is 0.357. The maximum Gasteiger partial charge on any atom is 0.250 e. The van der Waals surface area contributed by atoms with E-state index < -0.39 is 15.4 Å². The highest BCUT2D eigenvalue weighted by Crippen LogP contribution is 2.34. The van der Waals surface area contributed by atoms with Gasteiger partial charge in [-0.15, -0.1) is 0 Å². The van der Waals surface area contributed by atoms with Gasteiger partial charge in [-0.3, -0.25) is 4.79 Å². The highest BCUT2D eigenvalue weighted by atomic mass is 32.2. The Morgan fingerprint density at radius 1 is 1.30 bits per heavy atom. The molecular formula is C14H20N2O3S. The van der Waals surface area contributed by atoms with Crippen LogP contribution in [0, 0.1) is 0 Å². The van der Waals surface area contributed by atoms with Crippen LogP contribution in [0.3, 0.4) is 0 Å². The fourth-order valence-electron chi connectivity index (χ4n) is 1.88. The molecule has 0 aliphatic rings. The summed E-state index contributed by atoms with van der Waals surface area (Å²) in [4.78, 5) is 11.8. The lowest BCUT2D eigenvalue weighted by Crippen LogP contribution is -2.24. The Bertz CT molecular complexity index is 655. The monoisotopic (exact) mass is 296 g/mol. The maximum atomic E-state index is 11.8. The summed E-state index contributed by atoms with van der Waals surface area (Å²) in [5.74, 6) is -0.359. The molecule has 0 aromatic heterocycles. The molecule has 1 amide bonds. The van der Waals surface area contributed by atoms with Crippen molar-refractivity contribution in [3.63, 3.8) is 0 Å². The van der Waals surface area contributed by atoms with E-state index in [2.05, 4.69) is 11.9 Å². The number of hydrogen-bond acceptors (Lipinski definition) is 3. The number of nitrogens with two attached hydrogens (primary N) is 1. The van der Waals surface area contributed by atoms with E-state index in [1.54, 1.807) is 19.1 Å². The highest BCUT2D eigenvalue weighted by Gasteiger charge is 2.27. The predicted molar refractivity (Wildman–Crippen MR) is 80.0 cm³/mol. The van der Waals surface area contributed by atoms with E-state index in [-0.39, 0.29) is 10.8 Å². The van der Waals surface area contributed by atoms with Crippen molar-refractivity contribution in [1.29, 1.82) is 0 Å². The third-order valence-electron chi connectivity index (χ3n) is 2.72. The first-order chi connectivity index (χ1) is 8.94. The Hall–Kier alpha value is -1.66. The zero-order valence-corrected chi connectivity index (χ0v) is 13.0. The van der Waals surface area contributed by atoms with Gasteiger partial charge < -0.3 is 5.32 Å². The second-order valence-electron chi connectivity index (χ2n) is 5.71. The SMILES string of the molecule is C=C(C)C(=O)Nc1cccc(S(N)(=O)=O)c1C(C)(C)C. The first-order valence-electron chi connectivity index (χ1n) is 6.07. The molecule has 0 aliphatic heterocycles. The quantitative estimate of drug-likeness (QED) is 0.837. The minimum atomic E-state index is -3.87. The summed E-state index contributed by atoms with van der Waals surface area (Å²) in [5, 5.41) is 7.93. The molecule has 0 radical (unpaired) electrons. The molecule has 0 aliphatic carbocycles. The third-order valence-corrected chi connectivity index (χ3v) is 3.67. The van der Waals surface area contributed by atoms with Gasteiger partial charge in [-0.05, 0) is 24.5 Å². The summed E-state index contributed by atoms with van der Waals surface area (Å²) in [7, 11) is -3.87. The number of hydrogen-bond donors (Lipinski definition) is 2. The Kier molecular flexibility index (Phi) is 4.41. The van der Waals surface area contributed by atoms with Crippen LogP contribution in [0.4, 0.5) is 5.69 Å². The lowest BCUT2D eigenvalue weighted by molar-refractivity contribution is -0.112. The number of amides is 1. The standard InChI is InChI=1S/C14H20N2O3S/c1-9(2)13(17)16-10-7-6-8-11(20(15,18)19)12(10)14(3,4)5/h6-8H,1H2,2-5H3,(H,16,17)(H2,15,18,19). The summed E-state index contributed by atoms with van der Waals surface area (Å²) in [6.45, 7) is 10.7. The van der Waals surface area contributed by atoms with E-state index >= 15 is 0 Å². The molecule has 20 heavy (non-hydrogen) atoms. The Balaban J connectivity index is 3.54. The minimum absolute atomic E-state index is 0.0181. The summed E-state index contributed by atoms with van der Waals surface area (Å²) >= 11 is 0. The van der Waals surface area contributed by atoms with Crippen molar-refractivity contribution in [1.82, 2.24) is 0 Å². The van der Waals surface area contributed by atoms with Gasteiger partial charge in [0, 0.05) is 16.8 Å². The normalized spacial score (nSPS) is 12.1. The van der Waals surface area contributed by atoms with E-state index in [1.165, 1.54) is 6.07 Å². The average molecular weight is 296 g/mol. The summed E-state index contributed by atoms with van der Waals surface area (Å²) in [5.41, 5.74) is 0.751. The van der Waals surface area contributed by atoms with Crippen LogP contribution in [0.25, 0.3) is 0 Å². The zero-order valence-electron chi connectivity index (χ0n) is 12.1. The van der Waals surface area contributed by atoms with Crippen LogP contribution in [0.2, 0.25) is 0 Å². The molecule has 0 spiro atoms. The van der Waals surface area contributed by atoms with Gasteiger partial charge in [-0.25, -0.2) is 13.6 Å². The van der Waals surface area contributed by atoms with Crippen LogP contribution in [-0.2, 0) is 20.2 Å². The molecule has 0 heterocycles. The van der Waals surface area contributed by atoms with Gasteiger partial charge in [0.2, 0.25) is 10.0 Å². The topological polar surface area (TPSA) is 89.3 Å². The van der Waals surface area contributed by atoms with Crippen LogP contribution in [0.5, 0.6) is 0 Å². The molecule has 5 nitrogen and oxygen atoms in total. The molecule has 0 fully saturated rings. The summed E-state index contributed by atoms with van der Waals surface area (Å²) < 4.78 is 23.4. The van der Waals surface area contributed by atoms with Crippen LogP contribution in [-0.4, -0.2) is 14.3 Å². The van der Waals surface area contributed by atoms with Crippen molar-refractivity contribution >= 4 is 21.6 Å². The molecule has 0 bridgehead atoms. The van der Waals surface area contributed by atoms with Crippen LogP contribution >= 0.6 is 0 Å². The average Bonchev–Trinajstić information content (AvgIpc) is 2.25. The fourth-order valence-corrected chi connectivity index (χ4v) is 2.84. The summed E-state index contributed by atoms with van der Waals surface area (Å²) in [6, 6.07) is 4.63. The molecule has 3 N–H and O–H groups in total. The number of carbonyl (C=O) groups excluding carboxylic acids is 1. The molecule has 1 aromatic rings. The number of primary sulfonamides is 1. The smallest absolute Gasteiger partial charge is 0.250 e. The molecule has 0 atom stereocenters. The van der Waals surface area contributed by atoms with Crippen molar-refractivity contribution in [2.24, 2.45) is 5.14 Å². The lowest BCUT2D eigenvalue weighted by Gasteiger charge is -2.25. The minimum Gasteiger partial charge on any atom is -0.322 e. The van der Waals surface area contributed by atoms with E-state index in [0.29, 0.717) is 16.8 Å². The van der Waals surface area contributed by atoms with E-state index in [9.17, 15) is 13.2 Å². The van der Waals surface area contributed by atoms with Gasteiger partial charge in [0.15, 0.2) is 0 Å². The Labute approximate surface area is 119 Å².